The maximum Gasteiger partial charge on any atom is 0.191 e. The summed E-state index contributed by atoms with van der Waals surface area (Å²) in [7, 11) is 6.76. The molecule has 1 atom stereocenters. The van der Waals surface area contributed by atoms with E-state index < -0.39 is 0 Å². The van der Waals surface area contributed by atoms with Gasteiger partial charge >= 0.3 is 0 Å². The van der Waals surface area contributed by atoms with Gasteiger partial charge in [0.15, 0.2) is 17.5 Å². The molecule has 2 aromatic rings. The van der Waals surface area contributed by atoms with Crippen molar-refractivity contribution in [3.63, 3.8) is 0 Å². The van der Waals surface area contributed by atoms with Gasteiger partial charge in [0.05, 0.1) is 40.6 Å². The van der Waals surface area contributed by atoms with E-state index in [4.69, 9.17) is 18.9 Å². The second-order valence-corrected chi connectivity index (χ2v) is 7.43. The fraction of sp³-hybridized carbons (Fsp3) is 0.458. The molecular formula is C24H35IN4O4. The van der Waals surface area contributed by atoms with E-state index in [1.807, 2.05) is 36.4 Å². The molecule has 2 aromatic carbocycles. The molecule has 0 aliphatic carbocycles. The molecule has 1 aliphatic rings. The van der Waals surface area contributed by atoms with Gasteiger partial charge in [-0.15, -0.1) is 24.0 Å². The van der Waals surface area contributed by atoms with Crippen molar-refractivity contribution in [1.29, 1.82) is 0 Å². The van der Waals surface area contributed by atoms with Crippen LogP contribution in [0.4, 0.5) is 0 Å². The highest BCUT2D eigenvalue weighted by Crippen LogP contribution is 2.32. The van der Waals surface area contributed by atoms with Crippen LogP contribution in [0.3, 0.4) is 0 Å². The Morgan fingerprint density at radius 1 is 0.970 bits per heavy atom. The quantitative estimate of drug-likeness (QED) is 0.273. The second kappa shape index (κ2) is 14.1. The first kappa shape index (κ1) is 27.0. The van der Waals surface area contributed by atoms with Crippen LogP contribution in [0.15, 0.2) is 47.5 Å². The molecule has 0 bridgehead atoms. The maximum atomic E-state index is 5.57. The van der Waals surface area contributed by atoms with Gasteiger partial charge in [-0.25, -0.2) is 0 Å². The van der Waals surface area contributed by atoms with Crippen molar-refractivity contribution in [3.05, 3.63) is 53.6 Å². The number of aliphatic imine (C=N–C) groups is 1. The van der Waals surface area contributed by atoms with Crippen molar-refractivity contribution in [3.8, 4) is 17.2 Å². The third-order valence-corrected chi connectivity index (χ3v) is 5.58. The van der Waals surface area contributed by atoms with Crippen molar-refractivity contribution in [2.75, 3.05) is 61.2 Å². The van der Waals surface area contributed by atoms with Gasteiger partial charge in [0.1, 0.15) is 5.75 Å². The van der Waals surface area contributed by atoms with E-state index >= 15 is 0 Å². The van der Waals surface area contributed by atoms with Crippen LogP contribution in [-0.2, 0) is 11.3 Å². The number of nitrogens with one attached hydrogen (secondary N) is 2. The molecule has 0 aromatic heterocycles. The summed E-state index contributed by atoms with van der Waals surface area (Å²) in [5, 5.41) is 6.87. The minimum absolute atomic E-state index is 0. The summed E-state index contributed by atoms with van der Waals surface area (Å²) in [4.78, 5) is 6.82. The number of halogens is 1. The van der Waals surface area contributed by atoms with Gasteiger partial charge in [-0.2, -0.15) is 0 Å². The summed E-state index contributed by atoms with van der Waals surface area (Å²) in [6.07, 6.45) is 0. The number of nitrogens with zero attached hydrogens (tertiary/aromatic N) is 2. The number of ether oxygens (including phenoxy) is 4. The number of benzene rings is 2. The number of hydrogen-bond donors (Lipinski definition) is 2. The Labute approximate surface area is 213 Å². The van der Waals surface area contributed by atoms with E-state index in [9.17, 15) is 0 Å². The van der Waals surface area contributed by atoms with E-state index in [0.717, 1.165) is 60.6 Å². The second-order valence-electron chi connectivity index (χ2n) is 7.43. The molecular weight excluding hydrogens is 535 g/mol. The van der Waals surface area contributed by atoms with Crippen molar-refractivity contribution >= 4 is 29.9 Å². The highest BCUT2D eigenvalue weighted by atomic mass is 127. The van der Waals surface area contributed by atoms with Gasteiger partial charge in [-0.05, 0) is 35.4 Å². The molecule has 3 rings (SSSR count). The molecule has 1 aliphatic heterocycles. The standard InChI is InChI=1S/C24H34N4O4.HI/c1-25-24(26-16-18-5-8-20(29-2)9-6-18)27-17-21(28-11-13-32-14-12-28)19-7-10-22(30-3)23(15-19)31-4;/h5-10,15,21H,11-14,16-17H2,1-4H3,(H2,25,26,27);1H. The summed E-state index contributed by atoms with van der Waals surface area (Å²) >= 11 is 0. The molecule has 1 fully saturated rings. The third-order valence-electron chi connectivity index (χ3n) is 5.58. The van der Waals surface area contributed by atoms with E-state index in [-0.39, 0.29) is 30.0 Å². The van der Waals surface area contributed by atoms with Crippen LogP contribution >= 0.6 is 24.0 Å². The van der Waals surface area contributed by atoms with Crippen LogP contribution in [0.2, 0.25) is 0 Å². The van der Waals surface area contributed by atoms with E-state index in [1.54, 1.807) is 28.4 Å². The number of morpholine rings is 1. The topological polar surface area (TPSA) is 76.6 Å². The molecule has 33 heavy (non-hydrogen) atoms. The molecule has 0 saturated carbocycles. The smallest absolute Gasteiger partial charge is 0.191 e. The van der Waals surface area contributed by atoms with Crippen molar-refractivity contribution in [2.45, 2.75) is 12.6 Å². The Kier molecular flexibility index (Phi) is 11.6. The molecule has 0 spiro atoms. The first-order valence-corrected chi connectivity index (χ1v) is 10.8. The fourth-order valence-corrected chi connectivity index (χ4v) is 3.75. The molecule has 9 heteroatoms. The van der Waals surface area contributed by atoms with Crippen LogP contribution in [0.5, 0.6) is 17.2 Å². The van der Waals surface area contributed by atoms with Gasteiger partial charge in [0, 0.05) is 33.2 Å². The lowest BCUT2D eigenvalue weighted by atomic mass is 10.0. The maximum absolute atomic E-state index is 5.57. The molecule has 8 nitrogen and oxygen atoms in total. The normalized spacial score (nSPS) is 15.2. The van der Waals surface area contributed by atoms with E-state index in [0.29, 0.717) is 13.1 Å². The molecule has 182 valence electrons. The zero-order chi connectivity index (χ0) is 22.8. The Balaban J connectivity index is 0.00000385. The minimum atomic E-state index is 0. The highest BCUT2D eigenvalue weighted by molar-refractivity contribution is 14.0. The predicted octanol–water partition coefficient (Wildman–Crippen LogP) is 3.07. The number of methoxy groups -OCH3 is 3. The first-order valence-electron chi connectivity index (χ1n) is 10.8. The molecule has 0 amide bonds. The van der Waals surface area contributed by atoms with Crippen molar-refractivity contribution in [1.82, 2.24) is 15.5 Å². The molecule has 2 N–H and O–H groups in total. The lowest BCUT2D eigenvalue weighted by Crippen LogP contribution is -2.46. The monoisotopic (exact) mass is 570 g/mol. The average Bonchev–Trinajstić information content (AvgIpc) is 2.86. The zero-order valence-electron chi connectivity index (χ0n) is 19.8. The SMILES string of the molecule is CN=C(NCc1ccc(OC)cc1)NCC(c1ccc(OC)c(OC)c1)N1CCOCC1.I. The van der Waals surface area contributed by atoms with Gasteiger partial charge in [0.2, 0.25) is 0 Å². The first-order chi connectivity index (χ1) is 15.7. The molecule has 1 heterocycles. The predicted molar refractivity (Wildman–Crippen MR) is 141 cm³/mol. The summed E-state index contributed by atoms with van der Waals surface area (Å²) < 4.78 is 21.7. The highest BCUT2D eigenvalue weighted by Gasteiger charge is 2.24. The van der Waals surface area contributed by atoms with Gasteiger partial charge in [-0.3, -0.25) is 9.89 Å². The Morgan fingerprint density at radius 3 is 2.27 bits per heavy atom. The van der Waals surface area contributed by atoms with Crippen LogP contribution in [0, 0.1) is 0 Å². The van der Waals surface area contributed by atoms with E-state index in [1.165, 1.54) is 0 Å². The van der Waals surface area contributed by atoms with Crippen LogP contribution in [-0.4, -0.2) is 72.1 Å². The molecule has 1 saturated heterocycles. The van der Waals surface area contributed by atoms with Gasteiger partial charge in [-0.1, -0.05) is 18.2 Å². The number of hydrogen-bond acceptors (Lipinski definition) is 6. The van der Waals surface area contributed by atoms with Gasteiger partial charge in [0.25, 0.3) is 0 Å². The Morgan fingerprint density at radius 2 is 1.67 bits per heavy atom. The van der Waals surface area contributed by atoms with E-state index in [2.05, 4.69) is 26.6 Å². The summed E-state index contributed by atoms with van der Waals surface area (Å²) in [6, 6.07) is 14.2. The van der Waals surface area contributed by atoms with Crippen molar-refractivity contribution < 1.29 is 18.9 Å². The number of rotatable bonds is 9. The van der Waals surface area contributed by atoms with Crippen LogP contribution in [0.25, 0.3) is 0 Å². The third kappa shape index (κ3) is 7.65. The summed E-state index contributed by atoms with van der Waals surface area (Å²) in [5.74, 6) is 3.05. The van der Waals surface area contributed by atoms with Crippen LogP contribution < -0.4 is 24.8 Å². The Hall–Kier alpha value is -2.24. The lowest BCUT2D eigenvalue weighted by Gasteiger charge is -2.35. The lowest BCUT2D eigenvalue weighted by molar-refractivity contribution is 0.0169. The largest absolute Gasteiger partial charge is 0.497 e. The summed E-state index contributed by atoms with van der Waals surface area (Å²) in [6.45, 7) is 4.57. The number of guanidine groups is 1. The fourth-order valence-electron chi connectivity index (χ4n) is 3.75. The summed E-state index contributed by atoms with van der Waals surface area (Å²) in [5.41, 5.74) is 2.31. The Bertz CT molecular complexity index is 873. The minimum Gasteiger partial charge on any atom is -0.497 e. The molecule has 0 radical (unpaired) electrons. The molecule has 1 unspecified atom stereocenters. The van der Waals surface area contributed by atoms with Crippen LogP contribution in [0.1, 0.15) is 17.2 Å². The zero-order valence-corrected chi connectivity index (χ0v) is 22.1. The average molecular weight is 570 g/mol. The van der Waals surface area contributed by atoms with Crippen molar-refractivity contribution in [2.24, 2.45) is 4.99 Å². The van der Waals surface area contributed by atoms with Gasteiger partial charge < -0.3 is 29.6 Å².